The lowest BCUT2D eigenvalue weighted by molar-refractivity contribution is 0.417. The fourth-order valence-corrected chi connectivity index (χ4v) is 3.61. The van der Waals surface area contributed by atoms with Crippen molar-refractivity contribution in [1.82, 2.24) is 40.1 Å². The van der Waals surface area contributed by atoms with Crippen LogP contribution in [0.15, 0.2) is 46.1 Å². The summed E-state index contributed by atoms with van der Waals surface area (Å²) in [7, 11) is 1.86. The monoisotopic (exact) mass is 436 g/mol. The van der Waals surface area contributed by atoms with Gasteiger partial charge in [-0.1, -0.05) is 11.6 Å². The van der Waals surface area contributed by atoms with Gasteiger partial charge in [-0.15, -0.1) is 10.2 Å². The zero-order valence-electron chi connectivity index (χ0n) is 16.8. The van der Waals surface area contributed by atoms with Gasteiger partial charge < -0.3 is 9.40 Å². The molecule has 0 aliphatic heterocycles. The van der Waals surface area contributed by atoms with E-state index >= 15 is 0 Å². The van der Waals surface area contributed by atoms with Crippen LogP contribution in [0.1, 0.15) is 25.3 Å². The molecule has 0 bridgehead atoms. The van der Waals surface area contributed by atoms with Crippen molar-refractivity contribution in [2.24, 2.45) is 7.05 Å². The highest BCUT2D eigenvalue weighted by atomic mass is 35.5. The van der Waals surface area contributed by atoms with Crippen LogP contribution < -0.4 is 5.56 Å². The number of aromatic amines is 2. The van der Waals surface area contributed by atoms with E-state index in [2.05, 4.69) is 35.5 Å². The van der Waals surface area contributed by atoms with Gasteiger partial charge in [0.05, 0.1) is 17.2 Å². The summed E-state index contributed by atoms with van der Waals surface area (Å²) in [6.07, 6.45) is 7.24. The number of fused-ring (bicyclic) bond motifs is 1. The molecule has 5 aromatic heterocycles. The minimum atomic E-state index is -0.878. The molecule has 0 atom stereocenters. The summed E-state index contributed by atoms with van der Waals surface area (Å²) < 4.78 is 7.73. The molecule has 156 valence electrons. The van der Waals surface area contributed by atoms with Crippen LogP contribution in [-0.2, 0) is 12.5 Å². The molecule has 2 N–H and O–H groups in total. The lowest BCUT2D eigenvalue weighted by Gasteiger charge is -2.19. The number of hydrogen-bond donors (Lipinski definition) is 2. The number of aryl methyl sites for hydroxylation is 1. The molecular weight excluding hydrogens is 420 g/mol. The number of aromatic nitrogens is 8. The van der Waals surface area contributed by atoms with Crippen LogP contribution in [0.25, 0.3) is 33.6 Å². The predicted octanol–water partition coefficient (Wildman–Crippen LogP) is 3.08. The van der Waals surface area contributed by atoms with Crippen LogP contribution in [0.5, 0.6) is 0 Å². The Kier molecular flexibility index (Phi) is 4.26. The second kappa shape index (κ2) is 6.88. The molecule has 0 radical (unpaired) electrons. The Labute approximate surface area is 180 Å². The van der Waals surface area contributed by atoms with Crippen LogP contribution in [0, 0.1) is 0 Å². The highest BCUT2D eigenvalue weighted by Gasteiger charge is 2.33. The van der Waals surface area contributed by atoms with E-state index in [4.69, 9.17) is 16.0 Å². The first-order valence-electron chi connectivity index (χ1n) is 9.39. The molecule has 5 heterocycles. The zero-order valence-corrected chi connectivity index (χ0v) is 17.6. The highest BCUT2D eigenvalue weighted by Crippen LogP contribution is 2.34. The molecule has 0 fully saturated rings. The molecule has 0 spiro atoms. The number of halogens is 1. The topological polar surface area (TPSA) is 131 Å². The minimum absolute atomic E-state index is 0.174. The van der Waals surface area contributed by atoms with E-state index in [1.807, 2.05) is 33.2 Å². The van der Waals surface area contributed by atoms with E-state index in [1.54, 1.807) is 23.3 Å². The van der Waals surface area contributed by atoms with Crippen LogP contribution >= 0.6 is 11.6 Å². The maximum absolute atomic E-state index is 12.3. The second-order valence-corrected chi connectivity index (χ2v) is 8.08. The summed E-state index contributed by atoms with van der Waals surface area (Å²) in [6, 6.07) is 3.49. The minimum Gasteiger partial charge on any atom is -0.420 e. The smallest absolute Gasteiger partial charge is 0.268 e. The molecule has 0 aliphatic carbocycles. The molecule has 0 aromatic carbocycles. The van der Waals surface area contributed by atoms with Gasteiger partial charge in [-0.2, -0.15) is 10.2 Å². The maximum atomic E-state index is 12.3. The van der Waals surface area contributed by atoms with Gasteiger partial charge in [-0.3, -0.25) is 9.48 Å². The first-order valence-corrected chi connectivity index (χ1v) is 9.77. The Bertz CT molecular complexity index is 1480. The van der Waals surface area contributed by atoms with Crippen LogP contribution in [0.3, 0.4) is 0 Å². The molecule has 5 rings (SSSR count). The Morgan fingerprint density at radius 3 is 2.77 bits per heavy atom. The SMILES string of the molecule is Cn1cc(-c2cnc3[nH]cc(-c4nnc(C(C)(C)c5cc(Cl)n[nH]c5=O)o4)c3c2)cn1. The number of nitrogens with zero attached hydrogens (tertiary/aromatic N) is 6. The zero-order chi connectivity index (χ0) is 21.8. The molecule has 31 heavy (non-hydrogen) atoms. The lowest BCUT2D eigenvalue weighted by Crippen LogP contribution is -2.29. The number of hydrogen-bond acceptors (Lipinski definition) is 7. The maximum Gasteiger partial charge on any atom is 0.268 e. The first-order chi connectivity index (χ1) is 14.8. The first kappa shape index (κ1) is 19.2. The Morgan fingerprint density at radius 1 is 1.16 bits per heavy atom. The standard InChI is InChI=1S/C20H17ClN8O2/c1-20(2,14-5-15(21)25-26-17(14)30)19-28-27-18(31-19)13-8-23-16-12(13)4-10(6-22-16)11-7-24-29(3)9-11/h4-9H,1-3H3,(H,22,23)(H,26,30). The highest BCUT2D eigenvalue weighted by molar-refractivity contribution is 6.29. The fourth-order valence-electron chi connectivity index (χ4n) is 3.45. The molecule has 5 aromatic rings. The Hall–Kier alpha value is -3.79. The van der Waals surface area contributed by atoms with E-state index < -0.39 is 5.41 Å². The molecule has 10 nitrogen and oxygen atoms in total. The number of H-pyrrole nitrogens is 2. The van der Waals surface area contributed by atoms with Crippen LogP contribution in [0.4, 0.5) is 0 Å². The lowest BCUT2D eigenvalue weighted by atomic mass is 9.86. The summed E-state index contributed by atoms with van der Waals surface area (Å²) >= 11 is 5.96. The van der Waals surface area contributed by atoms with Gasteiger partial charge in [0.15, 0.2) is 0 Å². The van der Waals surface area contributed by atoms with Crippen LogP contribution in [-0.4, -0.2) is 40.1 Å². The van der Waals surface area contributed by atoms with E-state index in [-0.39, 0.29) is 16.6 Å². The number of rotatable bonds is 4. The van der Waals surface area contributed by atoms with Gasteiger partial charge in [0.1, 0.15) is 10.8 Å². The Balaban J connectivity index is 1.58. The molecule has 11 heteroatoms. The van der Waals surface area contributed by atoms with Gasteiger partial charge in [-0.25, -0.2) is 10.1 Å². The van der Waals surface area contributed by atoms with Crippen molar-refractivity contribution < 1.29 is 4.42 Å². The van der Waals surface area contributed by atoms with Crippen molar-refractivity contribution in [1.29, 1.82) is 0 Å². The fraction of sp³-hybridized carbons (Fsp3) is 0.200. The normalized spacial score (nSPS) is 12.0. The van der Waals surface area contributed by atoms with Crippen molar-refractivity contribution in [3.63, 3.8) is 0 Å². The van der Waals surface area contributed by atoms with Gasteiger partial charge >= 0.3 is 0 Å². The van der Waals surface area contributed by atoms with Gasteiger partial charge in [0, 0.05) is 47.7 Å². The third-order valence-electron chi connectivity index (χ3n) is 5.21. The van der Waals surface area contributed by atoms with Gasteiger partial charge in [-0.05, 0) is 26.0 Å². The average Bonchev–Trinajstić information content (AvgIpc) is 3.48. The molecule has 0 amide bonds. The molecule has 0 unspecified atom stereocenters. The second-order valence-electron chi connectivity index (χ2n) is 7.70. The van der Waals surface area contributed by atoms with Crippen molar-refractivity contribution in [3.05, 3.63) is 63.9 Å². The molecule has 0 saturated carbocycles. The van der Waals surface area contributed by atoms with Gasteiger partial charge in [0.25, 0.3) is 5.56 Å². The molecule has 0 aliphatic rings. The van der Waals surface area contributed by atoms with E-state index in [1.165, 1.54) is 6.07 Å². The van der Waals surface area contributed by atoms with E-state index in [0.717, 1.165) is 16.5 Å². The van der Waals surface area contributed by atoms with E-state index in [9.17, 15) is 4.79 Å². The summed E-state index contributed by atoms with van der Waals surface area (Å²) in [4.78, 5) is 19.9. The predicted molar refractivity (Wildman–Crippen MR) is 114 cm³/mol. The van der Waals surface area contributed by atoms with E-state index in [0.29, 0.717) is 22.7 Å². The largest absolute Gasteiger partial charge is 0.420 e. The van der Waals surface area contributed by atoms with Crippen LogP contribution in [0.2, 0.25) is 5.15 Å². The summed E-state index contributed by atoms with van der Waals surface area (Å²) in [5.41, 5.74) is 2.40. The summed E-state index contributed by atoms with van der Waals surface area (Å²) in [5, 5.41) is 19.7. The van der Waals surface area contributed by atoms with Gasteiger partial charge in [0.2, 0.25) is 11.8 Å². The summed E-state index contributed by atoms with van der Waals surface area (Å²) in [6.45, 7) is 3.62. The van der Waals surface area contributed by atoms with Crippen molar-refractivity contribution in [3.8, 4) is 22.6 Å². The summed E-state index contributed by atoms with van der Waals surface area (Å²) in [5.74, 6) is 0.594. The number of pyridine rings is 1. The molecule has 0 saturated heterocycles. The Morgan fingerprint density at radius 2 is 2.00 bits per heavy atom. The van der Waals surface area contributed by atoms with Crippen molar-refractivity contribution in [2.75, 3.05) is 0 Å². The molecular formula is C20H17ClN8O2. The third kappa shape index (κ3) is 3.21. The van der Waals surface area contributed by atoms with Crippen molar-refractivity contribution in [2.45, 2.75) is 19.3 Å². The average molecular weight is 437 g/mol. The number of nitrogens with one attached hydrogen (secondary N) is 2. The quantitative estimate of drug-likeness (QED) is 0.442. The van der Waals surface area contributed by atoms with Crippen molar-refractivity contribution >= 4 is 22.6 Å². The third-order valence-corrected chi connectivity index (χ3v) is 5.40.